The van der Waals surface area contributed by atoms with Crippen LogP contribution in [0.15, 0.2) is 108 Å². The van der Waals surface area contributed by atoms with Gasteiger partial charge in [0.15, 0.2) is 0 Å². The second-order valence-corrected chi connectivity index (χ2v) is 11.5. The normalized spacial score (nSPS) is 13.7. The van der Waals surface area contributed by atoms with Crippen LogP contribution >= 0.6 is 23.2 Å². The van der Waals surface area contributed by atoms with Crippen molar-refractivity contribution in [1.82, 2.24) is 4.31 Å². The Morgan fingerprint density at radius 3 is 1.89 bits per heavy atom. The summed E-state index contributed by atoms with van der Waals surface area (Å²) in [6, 6.07) is 30.0. The first-order valence-corrected chi connectivity index (χ1v) is 13.7. The SMILES string of the molecule is Cc1ccc(S(=O)(=O)N2CC(=C=C(c3ccc(Cl)cc3)c3ccc(Cl)cc3)c3ccccc3C2)cc1. The lowest BCUT2D eigenvalue weighted by Crippen LogP contribution is -2.35. The zero-order chi connectivity index (χ0) is 25.3. The minimum atomic E-state index is -3.70. The lowest BCUT2D eigenvalue weighted by Gasteiger charge is -2.29. The van der Waals surface area contributed by atoms with Crippen molar-refractivity contribution >= 4 is 44.4 Å². The molecule has 0 aromatic heterocycles. The third kappa shape index (κ3) is 5.05. The average molecular weight is 532 g/mol. The molecule has 1 aliphatic rings. The fourth-order valence-electron chi connectivity index (χ4n) is 4.29. The van der Waals surface area contributed by atoms with Gasteiger partial charge in [-0.3, -0.25) is 0 Å². The summed E-state index contributed by atoms with van der Waals surface area (Å²) in [7, 11) is -3.70. The van der Waals surface area contributed by atoms with Crippen LogP contribution < -0.4 is 0 Å². The van der Waals surface area contributed by atoms with Gasteiger partial charge in [0.25, 0.3) is 0 Å². The van der Waals surface area contributed by atoms with Crippen molar-refractivity contribution in [2.45, 2.75) is 18.4 Å². The lowest BCUT2D eigenvalue weighted by atomic mass is 9.93. The molecule has 5 rings (SSSR count). The average Bonchev–Trinajstić information content (AvgIpc) is 2.88. The number of fused-ring (bicyclic) bond motifs is 1. The van der Waals surface area contributed by atoms with Crippen LogP contribution in [-0.2, 0) is 16.6 Å². The molecule has 0 bridgehead atoms. The van der Waals surface area contributed by atoms with Crippen LogP contribution in [0.25, 0.3) is 11.1 Å². The first-order chi connectivity index (χ1) is 17.3. The van der Waals surface area contributed by atoms with Crippen molar-refractivity contribution in [2.75, 3.05) is 6.54 Å². The van der Waals surface area contributed by atoms with E-state index in [2.05, 4.69) is 5.73 Å². The highest BCUT2D eigenvalue weighted by Crippen LogP contribution is 2.33. The van der Waals surface area contributed by atoms with Crippen molar-refractivity contribution in [3.63, 3.8) is 0 Å². The van der Waals surface area contributed by atoms with Gasteiger partial charge >= 0.3 is 0 Å². The standard InChI is InChI=1S/C30H23Cl2NO2S/c1-21-6-16-28(17-7-21)36(34,35)33-19-24-4-2-3-5-29(24)25(20-33)18-30(22-8-12-26(31)13-9-22)23-10-14-27(32)15-11-23/h2-17H,19-20H2,1H3. The van der Waals surface area contributed by atoms with Crippen LogP contribution in [-0.4, -0.2) is 19.3 Å². The van der Waals surface area contributed by atoms with Gasteiger partial charge in [-0.2, -0.15) is 4.31 Å². The van der Waals surface area contributed by atoms with E-state index >= 15 is 0 Å². The number of rotatable bonds is 4. The van der Waals surface area contributed by atoms with Crippen molar-refractivity contribution in [3.8, 4) is 0 Å². The molecule has 3 nitrogen and oxygen atoms in total. The molecule has 6 heteroatoms. The molecule has 0 radical (unpaired) electrons. The summed E-state index contributed by atoms with van der Waals surface area (Å²) in [5.74, 6) is 0. The quantitative estimate of drug-likeness (QED) is 0.254. The van der Waals surface area contributed by atoms with Gasteiger partial charge in [-0.25, -0.2) is 8.42 Å². The summed E-state index contributed by atoms with van der Waals surface area (Å²) < 4.78 is 28.7. The van der Waals surface area contributed by atoms with Crippen LogP contribution in [0.3, 0.4) is 0 Å². The van der Waals surface area contributed by atoms with Gasteiger partial charge in [0.1, 0.15) is 0 Å². The Balaban J connectivity index is 1.71. The van der Waals surface area contributed by atoms with Gasteiger partial charge in [-0.05, 0) is 65.6 Å². The van der Waals surface area contributed by atoms with E-state index in [9.17, 15) is 8.42 Å². The van der Waals surface area contributed by atoms with E-state index < -0.39 is 10.0 Å². The number of hydrogen-bond acceptors (Lipinski definition) is 2. The summed E-state index contributed by atoms with van der Waals surface area (Å²) in [6.07, 6.45) is 0. The minimum Gasteiger partial charge on any atom is -0.207 e. The summed E-state index contributed by atoms with van der Waals surface area (Å²) in [4.78, 5) is 0.284. The Labute approximate surface area is 222 Å². The summed E-state index contributed by atoms with van der Waals surface area (Å²) in [5.41, 5.74) is 10.0. The Morgan fingerprint density at radius 1 is 0.750 bits per heavy atom. The van der Waals surface area contributed by atoms with E-state index in [1.165, 1.54) is 4.31 Å². The molecule has 36 heavy (non-hydrogen) atoms. The zero-order valence-electron chi connectivity index (χ0n) is 19.6. The van der Waals surface area contributed by atoms with Crippen molar-refractivity contribution in [1.29, 1.82) is 0 Å². The number of benzene rings is 4. The molecule has 0 spiro atoms. The van der Waals surface area contributed by atoms with E-state index in [0.29, 0.717) is 16.6 Å². The fourth-order valence-corrected chi connectivity index (χ4v) is 5.93. The molecule has 0 unspecified atom stereocenters. The number of aryl methyl sites for hydroxylation is 1. The lowest BCUT2D eigenvalue weighted by molar-refractivity contribution is 0.434. The van der Waals surface area contributed by atoms with Crippen LogP contribution in [0.2, 0.25) is 10.0 Å². The Hall–Kier alpha value is -3.11. The smallest absolute Gasteiger partial charge is 0.207 e. The second-order valence-electron chi connectivity index (χ2n) is 8.74. The van der Waals surface area contributed by atoms with Crippen LogP contribution in [0.5, 0.6) is 0 Å². The van der Waals surface area contributed by atoms with Gasteiger partial charge in [0.2, 0.25) is 10.0 Å². The molecule has 1 heterocycles. The molecule has 1 aliphatic heterocycles. The summed E-state index contributed by atoms with van der Waals surface area (Å²) >= 11 is 12.3. The third-order valence-electron chi connectivity index (χ3n) is 6.22. The topological polar surface area (TPSA) is 37.4 Å². The molecule has 0 N–H and O–H groups in total. The Bertz CT molecular complexity index is 1540. The maximum atomic E-state index is 13.6. The van der Waals surface area contributed by atoms with Gasteiger partial charge in [0.05, 0.1) is 4.90 Å². The molecule has 4 aromatic rings. The monoisotopic (exact) mass is 531 g/mol. The molecule has 0 saturated heterocycles. The van der Waals surface area contributed by atoms with Crippen LogP contribution in [0, 0.1) is 6.92 Å². The van der Waals surface area contributed by atoms with Crippen molar-refractivity contribution < 1.29 is 8.42 Å². The number of sulfonamides is 1. The van der Waals surface area contributed by atoms with Gasteiger partial charge < -0.3 is 0 Å². The molecule has 0 atom stereocenters. The second kappa shape index (κ2) is 10.1. The maximum absolute atomic E-state index is 13.6. The van der Waals surface area contributed by atoms with Gasteiger partial charge in [-0.1, -0.05) is 89.4 Å². The van der Waals surface area contributed by atoms with Gasteiger partial charge in [-0.15, -0.1) is 5.73 Å². The molecule has 4 aromatic carbocycles. The maximum Gasteiger partial charge on any atom is 0.243 e. The Kier molecular flexibility index (Phi) is 6.90. The fraction of sp³-hybridized carbons (Fsp3) is 0.100. The molecule has 0 aliphatic carbocycles. The predicted molar refractivity (Wildman–Crippen MR) is 148 cm³/mol. The van der Waals surface area contributed by atoms with Gasteiger partial charge in [0, 0.05) is 34.3 Å². The number of nitrogens with zero attached hydrogens (tertiary/aromatic N) is 1. The predicted octanol–water partition coefficient (Wildman–Crippen LogP) is 7.62. The van der Waals surface area contributed by atoms with Crippen LogP contribution in [0.1, 0.15) is 27.8 Å². The molecular weight excluding hydrogens is 509 g/mol. The first kappa shape index (κ1) is 24.6. The molecule has 0 fully saturated rings. The number of hydrogen-bond donors (Lipinski definition) is 0. The van der Waals surface area contributed by atoms with E-state index in [0.717, 1.165) is 39.0 Å². The first-order valence-electron chi connectivity index (χ1n) is 11.5. The molecule has 180 valence electrons. The summed E-state index contributed by atoms with van der Waals surface area (Å²) in [5, 5.41) is 1.28. The van der Waals surface area contributed by atoms with E-state index in [1.807, 2.05) is 91.9 Å². The zero-order valence-corrected chi connectivity index (χ0v) is 21.9. The minimum absolute atomic E-state index is 0.206. The van der Waals surface area contributed by atoms with E-state index in [-0.39, 0.29) is 11.4 Å². The molecular formula is C30H23Cl2NO2S. The molecule has 0 amide bonds. The highest BCUT2D eigenvalue weighted by Gasteiger charge is 2.30. The highest BCUT2D eigenvalue weighted by molar-refractivity contribution is 7.89. The number of halogens is 2. The Morgan fingerprint density at radius 2 is 1.31 bits per heavy atom. The molecule has 0 saturated carbocycles. The van der Waals surface area contributed by atoms with Crippen molar-refractivity contribution in [3.05, 3.63) is 141 Å². The van der Waals surface area contributed by atoms with E-state index in [1.54, 1.807) is 12.1 Å². The highest BCUT2D eigenvalue weighted by atomic mass is 35.5. The summed E-state index contributed by atoms with van der Waals surface area (Å²) in [6.45, 7) is 2.45. The third-order valence-corrected chi connectivity index (χ3v) is 8.53. The largest absolute Gasteiger partial charge is 0.243 e. The van der Waals surface area contributed by atoms with Crippen molar-refractivity contribution in [2.24, 2.45) is 0 Å². The van der Waals surface area contributed by atoms with Crippen LogP contribution in [0.4, 0.5) is 0 Å². The van der Waals surface area contributed by atoms with E-state index in [4.69, 9.17) is 23.2 Å².